The van der Waals surface area contributed by atoms with Crippen LogP contribution in [0.3, 0.4) is 0 Å². The SMILES string of the molecule is O=C(Nc1cc(Cl)ccc1O)c1cc([N+](=O)[O-])cc([N+](=O)[O-])c1. The fourth-order valence-corrected chi connectivity index (χ4v) is 1.91. The molecular weight excluding hydrogens is 330 g/mol. The number of phenolic OH excluding ortho intramolecular Hbond substituents is 1. The van der Waals surface area contributed by atoms with Gasteiger partial charge in [0.2, 0.25) is 0 Å². The van der Waals surface area contributed by atoms with Crippen LogP contribution in [0.5, 0.6) is 5.75 Å². The molecule has 2 aromatic rings. The molecule has 0 radical (unpaired) electrons. The van der Waals surface area contributed by atoms with Gasteiger partial charge < -0.3 is 10.4 Å². The van der Waals surface area contributed by atoms with Gasteiger partial charge in [-0.05, 0) is 18.2 Å². The summed E-state index contributed by atoms with van der Waals surface area (Å²) in [4.78, 5) is 32.0. The number of hydrogen-bond donors (Lipinski definition) is 2. The van der Waals surface area contributed by atoms with Crippen molar-refractivity contribution in [1.29, 1.82) is 0 Å². The van der Waals surface area contributed by atoms with E-state index in [9.17, 15) is 30.1 Å². The molecule has 118 valence electrons. The summed E-state index contributed by atoms with van der Waals surface area (Å²) in [5.74, 6) is -1.14. The van der Waals surface area contributed by atoms with Crippen LogP contribution in [0, 0.1) is 20.2 Å². The van der Waals surface area contributed by atoms with E-state index in [0.29, 0.717) is 0 Å². The van der Waals surface area contributed by atoms with Gasteiger partial charge in [-0.1, -0.05) is 11.6 Å². The number of nitro benzene ring substituents is 2. The van der Waals surface area contributed by atoms with Crippen LogP contribution in [0.25, 0.3) is 0 Å². The summed E-state index contributed by atoms with van der Waals surface area (Å²) in [7, 11) is 0. The number of halogens is 1. The summed E-state index contributed by atoms with van der Waals surface area (Å²) < 4.78 is 0. The van der Waals surface area contributed by atoms with Gasteiger partial charge in [0.15, 0.2) is 0 Å². The summed E-state index contributed by atoms with van der Waals surface area (Å²) >= 11 is 5.74. The molecule has 0 bridgehead atoms. The largest absolute Gasteiger partial charge is 0.506 e. The van der Waals surface area contributed by atoms with Crippen LogP contribution in [0.4, 0.5) is 17.1 Å². The number of rotatable bonds is 4. The number of nitrogens with zero attached hydrogens (tertiary/aromatic N) is 2. The zero-order valence-electron chi connectivity index (χ0n) is 11.2. The maximum Gasteiger partial charge on any atom is 0.277 e. The van der Waals surface area contributed by atoms with E-state index >= 15 is 0 Å². The lowest BCUT2D eigenvalue weighted by Crippen LogP contribution is -2.12. The van der Waals surface area contributed by atoms with Gasteiger partial charge in [-0.15, -0.1) is 0 Å². The number of nitro groups is 2. The standard InChI is InChI=1S/C13H8ClN3O6/c14-8-1-2-12(18)11(5-8)15-13(19)7-3-9(16(20)21)6-10(4-7)17(22)23/h1-6,18H,(H,15,19). The van der Waals surface area contributed by atoms with Gasteiger partial charge in [-0.25, -0.2) is 0 Å². The number of non-ortho nitro benzene ring substituents is 2. The molecule has 0 aliphatic rings. The predicted octanol–water partition coefficient (Wildman–Crippen LogP) is 3.11. The predicted molar refractivity (Wildman–Crippen MR) is 80.8 cm³/mol. The molecule has 0 saturated carbocycles. The van der Waals surface area contributed by atoms with Crippen molar-refractivity contribution in [3.63, 3.8) is 0 Å². The number of benzene rings is 2. The number of phenols is 1. The van der Waals surface area contributed by atoms with E-state index in [-0.39, 0.29) is 22.0 Å². The number of nitrogens with one attached hydrogen (secondary N) is 1. The summed E-state index contributed by atoms with van der Waals surface area (Å²) in [6.07, 6.45) is 0. The number of carbonyl (C=O) groups is 1. The maximum absolute atomic E-state index is 12.1. The zero-order chi connectivity index (χ0) is 17.1. The zero-order valence-corrected chi connectivity index (χ0v) is 12.0. The van der Waals surface area contributed by atoms with E-state index in [2.05, 4.69) is 5.32 Å². The van der Waals surface area contributed by atoms with Crippen molar-refractivity contribution >= 4 is 34.6 Å². The highest BCUT2D eigenvalue weighted by atomic mass is 35.5. The summed E-state index contributed by atoms with van der Waals surface area (Å²) in [5, 5.41) is 33.7. The van der Waals surface area contributed by atoms with Crippen LogP contribution in [0.15, 0.2) is 36.4 Å². The third-order valence-corrected chi connectivity index (χ3v) is 3.03. The number of hydrogen-bond acceptors (Lipinski definition) is 6. The third-order valence-electron chi connectivity index (χ3n) is 2.79. The van der Waals surface area contributed by atoms with Crippen LogP contribution in [-0.4, -0.2) is 20.9 Å². The Morgan fingerprint density at radius 2 is 1.61 bits per heavy atom. The Kier molecular flexibility index (Phi) is 4.42. The Morgan fingerprint density at radius 3 is 2.13 bits per heavy atom. The van der Waals surface area contributed by atoms with E-state index in [1.165, 1.54) is 18.2 Å². The molecule has 0 saturated heterocycles. The number of carbonyl (C=O) groups excluding carboxylic acids is 1. The maximum atomic E-state index is 12.1. The number of anilines is 1. The Morgan fingerprint density at radius 1 is 1.04 bits per heavy atom. The second-order valence-electron chi connectivity index (χ2n) is 4.37. The molecule has 1 amide bonds. The second-order valence-corrected chi connectivity index (χ2v) is 4.80. The second kappa shape index (κ2) is 6.28. The van der Waals surface area contributed by atoms with Gasteiger partial charge in [0.05, 0.1) is 27.2 Å². The summed E-state index contributed by atoms with van der Waals surface area (Å²) in [5.41, 5.74) is -1.53. The number of aromatic hydroxyl groups is 1. The molecule has 0 heterocycles. The average Bonchev–Trinajstić information content (AvgIpc) is 2.50. The lowest BCUT2D eigenvalue weighted by atomic mass is 10.1. The van der Waals surface area contributed by atoms with Gasteiger partial charge >= 0.3 is 0 Å². The van der Waals surface area contributed by atoms with Crippen molar-refractivity contribution in [2.75, 3.05) is 5.32 Å². The van der Waals surface area contributed by atoms with Crippen molar-refractivity contribution in [3.05, 3.63) is 67.2 Å². The normalized spacial score (nSPS) is 10.1. The Labute approximate surface area is 133 Å². The molecule has 0 fully saturated rings. The lowest BCUT2D eigenvalue weighted by Gasteiger charge is -2.07. The Hall–Kier alpha value is -3.20. The molecule has 2 aromatic carbocycles. The smallest absolute Gasteiger partial charge is 0.277 e. The van der Waals surface area contributed by atoms with Crippen molar-refractivity contribution in [1.82, 2.24) is 0 Å². The molecule has 10 heteroatoms. The molecular formula is C13H8ClN3O6. The van der Waals surface area contributed by atoms with E-state index in [1.54, 1.807) is 0 Å². The molecule has 0 aromatic heterocycles. The van der Waals surface area contributed by atoms with Crippen LogP contribution >= 0.6 is 11.6 Å². The van der Waals surface area contributed by atoms with Crippen molar-refractivity contribution in [2.45, 2.75) is 0 Å². The molecule has 2 N–H and O–H groups in total. The van der Waals surface area contributed by atoms with E-state index in [4.69, 9.17) is 11.6 Å². The van der Waals surface area contributed by atoms with Gasteiger partial charge in [0.1, 0.15) is 5.75 Å². The minimum atomic E-state index is -0.866. The lowest BCUT2D eigenvalue weighted by molar-refractivity contribution is -0.394. The van der Waals surface area contributed by atoms with E-state index in [1.807, 2.05) is 0 Å². The highest BCUT2D eigenvalue weighted by Gasteiger charge is 2.20. The molecule has 0 unspecified atom stereocenters. The minimum Gasteiger partial charge on any atom is -0.506 e. The highest BCUT2D eigenvalue weighted by Crippen LogP contribution is 2.28. The topological polar surface area (TPSA) is 136 Å². The first kappa shape index (κ1) is 16.2. The van der Waals surface area contributed by atoms with Crippen LogP contribution in [-0.2, 0) is 0 Å². The molecule has 2 rings (SSSR count). The molecule has 0 spiro atoms. The summed E-state index contributed by atoms with van der Waals surface area (Å²) in [6, 6.07) is 6.43. The minimum absolute atomic E-state index is 0.0309. The van der Waals surface area contributed by atoms with Crippen LogP contribution in [0.2, 0.25) is 5.02 Å². The Bertz CT molecular complexity index is 791. The summed E-state index contributed by atoms with van der Waals surface area (Å²) in [6.45, 7) is 0. The molecule has 0 atom stereocenters. The Balaban J connectivity index is 2.40. The first-order valence-electron chi connectivity index (χ1n) is 6.01. The molecule has 9 nitrogen and oxygen atoms in total. The molecule has 0 aliphatic heterocycles. The van der Waals surface area contributed by atoms with Crippen molar-refractivity contribution in [2.24, 2.45) is 0 Å². The fourth-order valence-electron chi connectivity index (χ4n) is 1.74. The van der Waals surface area contributed by atoms with Gasteiger partial charge in [-0.3, -0.25) is 25.0 Å². The van der Waals surface area contributed by atoms with Crippen molar-refractivity contribution < 1.29 is 19.7 Å². The van der Waals surface area contributed by atoms with Gasteiger partial charge in [-0.2, -0.15) is 0 Å². The van der Waals surface area contributed by atoms with Crippen LogP contribution < -0.4 is 5.32 Å². The van der Waals surface area contributed by atoms with Crippen molar-refractivity contribution in [3.8, 4) is 5.75 Å². The third kappa shape index (κ3) is 3.71. The quantitative estimate of drug-likeness (QED) is 0.499. The van der Waals surface area contributed by atoms with Crippen LogP contribution in [0.1, 0.15) is 10.4 Å². The van der Waals surface area contributed by atoms with E-state index < -0.39 is 27.1 Å². The first-order valence-corrected chi connectivity index (χ1v) is 6.39. The fraction of sp³-hybridized carbons (Fsp3) is 0. The highest BCUT2D eigenvalue weighted by molar-refractivity contribution is 6.31. The monoisotopic (exact) mass is 337 g/mol. The van der Waals surface area contributed by atoms with E-state index in [0.717, 1.165) is 18.2 Å². The number of amides is 1. The molecule has 23 heavy (non-hydrogen) atoms. The van der Waals surface area contributed by atoms with Gasteiger partial charge in [0, 0.05) is 17.2 Å². The molecule has 0 aliphatic carbocycles. The first-order chi connectivity index (χ1) is 10.8. The van der Waals surface area contributed by atoms with Gasteiger partial charge in [0.25, 0.3) is 17.3 Å². The average molecular weight is 338 g/mol.